The third kappa shape index (κ3) is 2.45. The van der Waals surface area contributed by atoms with Crippen LogP contribution in [0.5, 0.6) is 0 Å². The van der Waals surface area contributed by atoms with Crippen LogP contribution in [0.15, 0.2) is 48.5 Å². The molecule has 2 rings (SSSR count). The van der Waals surface area contributed by atoms with Gasteiger partial charge in [-0.25, -0.2) is 13.6 Å². The van der Waals surface area contributed by atoms with E-state index in [2.05, 4.69) is 0 Å². The molecule has 0 aromatic heterocycles. The van der Waals surface area contributed by atoms with Crippen LogP contribution >= 0.6 is 0 Å². The predicted octanol–water partition coefficient (Wildman–Crippen LogP) is 3.18. The lowest BCUT2D eigenvalue weighted by atomic mass is 10.2. The SMILES string of the molecule is NC(=O)N(c1ccccc1)c1cc(F)cc(F)c1. The van der Waals surface area contributed by atoms with Gasteiger partial charge < -0.3 is 5.73 Å². The molecule has 0 aliphatic heterocycles. The summed E-state index contributed by atoms with van der Waals surface area (Å²) in [7, 11) is 0. The second-order valence-electron chi connectivity index (χ2n) is 3.64. The number of urea groups is 1. The average molecular weight is 248 g/mol. The zero-order chi connectivity index (χ0) is 13.1. The molecule has 0 heterocycles. The van der Waals surface area contributed by atoms with E-state index in [0.29, 0.717) is 5.69 Å². The van der Waals surface area contributed by atoms with Crippen molar-refractivity contribution in [3.05, 3.63) is 60.2 Å². The fourth-order valence-corrected chi connectivity index (χ4v) is 1.65. The predicted molar refractivity (Wildman–Crippen MR) is 64.5 cm³/mol. The number of anilines is 2. The first-order valence-electron chi connectivity index (χ1n) is 5.18. The molecular weight excluding hydrogens is 238 g/mol. The van der Waals surface area contributed by atoms with Crippen LogP contribution in [-0.4, -0.2) is 6.03 Å². The minimum Gasteiger partial charge on any atom is -0.351 e. The Balaban J connectivity index is 2.52. The minimum atomic E-state index is -0.814. The van der Waals surface area contributed by atoms with Crippen LogP contribution in [0.2, 0.25) is 0 Å². The summed E-state index contributed by atoms with van der Waals surface area (Å²) in [4.78, 5) is 12.5. The Kier molecular flexibility index (Phi) is 3.23. The number of amides is 2. The molecular formula is C13H10F2N2O. The lowest BCUT2D eigenvalue weighted by Crippen LogP contribution is -2.31. The van der Waals surface area contributed by atoms with Gasteiger partial charge in [0.2, 0.25) is 0 Å². The van der Waals surface area contributed by atoms with Gasteiger partial charge >= 0.3 is 6.03 Å². The van der Waals surface area contributed by atoms with E-state index in [1.807, 2.05) is 0 Å². The fraction of sp³-hybridized carbons (Fsp3) is 0. The van der Waals surface area contributed by atoms with E-state index in [9.17, 15) is 13.6 Å². The van der Waals surface area contributed by atoms with Gasteiger partial charge in [0.25, 0.3) is 0 Å². The van der Waals surface area contributed by atoms with Gasteiger partial charge in [0, 0.05) is 6.07 Å². The highest BCUT2D eigenvalue weighted by atomic mass is 19.1. The Hall–Kier alpha value is -2.43. The molecule has 92 valence electrons. The first-order chi connectivity index (χ1) is 8.58. The van der Waals surface area contributed by atoms with E-state index >= 15 is 0 Å². The smallest absolute Gasteiger partial charge is 0.323 e. The lowest BCUT2D eigenvalue weighted by Gasteiger charge is -2.20. The largest absolute Gasteiger partial charge is 0.351 e. The first-order valence-corrected chi connectivity index (χ1v) is 5.18. The molecule has 2 aromatic rings. The van der Waals surface area contributed by atoms with Gasteiger partial charge in [-0.2, -0.15) is 0 Å². The minimum absolute atomic E-state index is 0.0474. The summed E-state index contributed by atoms with van der Waals surface area (Å²) in [5.41, 5.74) is 5.73. The number of hydrogen-bond donors (Lipinski definition) is 1. The Morgan fingerprint density at radius 3 is 2.00 bits per heavy atom. The molecule has 18 heavy (non-hydrogen) atoms. The molecule has 5 heteroatoms. The molecule has 0 fully saturated rings. The highest BCUT2D eigenvalue weighted by molar-refractivity contribution is 5.98. The van der Waals surface area contributed by atoms with Crippen molar-refractivity contribution in [2.75, 3.05) is 4.90 Å². The molecule has 0 unspecified atom stereocenters. The molecule has 0 saturated carbocycles. The van der Waals surface area contributed by atoms with Crippen molar-refractivity contribution in [2.24, 2.45) is 5.73 Å². The molecule has 0 aliphatic carbocycles. The Bertz CT molecular complexity index is 552. The highest BCUT2D eigenvalue weighted by Crippen LogP contribution is 2.26. The van der Waals surface area contributed by atoms with Crippen LogP contribution in [0.4, 0.5) is 25.0 Å². The molecule has 0 atom stereocenters. The summed E-state index contributed by atoms with van der Waals surface area (Å²) in [5, 5.41) is 0. The number of carbonyl (C=O) groups is 1. The monoisotopic (exact) mass is 248 g/mol. The summed E-state index contributed by atoms with van der Waals surface area (Å²) in [5.74, 6) is -1.54. The summed E-state index contributed by atoms with van der Waals surface area (Å²) in [6.45, 7) is 0. The number of rotatable bonds is 2. The van der Waals surface area contributed by atoms with Crippen LogP contribution in [-0.2, 0) is 0 Å². The van der Waals surface area contributed by atoms with E-state index in [-0.39, 0.29) is 5.69 Å². The number of benzene rings is 2. The van der Waals surface area contributed by atoms with Crippen LogP contribution in [0.1, 0.15) is 0 Å². The second-order valence-corrected chi connectivity index (χ2v) is 3.64. The third-order valence-electron chi connectivity index (χ3n) is 2.34. The van der Waals surface area contributed by atoms with Gasteiger partial charge in [0.15, 0.2) is 0 Å². The quantitative estimate of drug-likeness (QED) is 0.871. The maximum Gasteiger partial charge on any atom is 0.323 e. The molecule has 2 N–H and O–H groups in total. The lowest BCUT2D eigenvalue weighted by molar-refractivity contribution is 0.256. The molecule has 0 bridgehead atoms. The van der Waals surface area contributed by atoms with E-state index in [1.165, 1.54) is 0 Å². The number of nitrogens with two attached hydrogens (primary N) is 1. The molecule has 3 nitrogen and oxygen atoms in total. The fourth-order valence-electron chi connectivity index (χ4n) is 1.65. The van der Waals surface area contributed by atoms with Gasteiger partial charge in [-0.1, -0.05) is 18.2 Å². The average Bonchev–Trinajstić information content (AvgIpc) is 2.28. The van der Waals surface area contributed by atoms with Crippen molar-refractivity contribution in [2.45, 2.75) is 0 Å². The topological polar surface area (TPSA) is 46.3 Å². The van der Waals surface area contributed by atoms with Crippen LogP contribution in [0.3, 0.4) is 0 Å². The molecule has 0 radical (unpaired) electrons. The molecule has 0 spiro atoms. The molecule has 2 amide bonds. The van der Waals surface area contributed by atoms with E-state index in [4.69, 9.17) is 5.73 Å². The Morgan fingerprint density at radius 2 is 1.50 bits per heavy atom. The normalized spacial score (nSPS) is 10.1. The van der Waals surface area contributed by atoms with Crippen molar-refractivity contribution in [3.8, 4) is 0 Å². The van der Waals surface area contributed by atoms with Crippen LogP contribution < -0.4 is 10.6 Å². The molecule has 0 aliphatic rings. The van der Waals surface area contributed by atoms with Gasteiger partial charge in [-0.3, -0.25) is 4.90 Å². The van der Waals surface area contributed by atoms with Gasteiger partial charge in [0.1, 0.15) is 11.6 Å². The van der Waals surface area contributed by atoms with Crippen molar-refractivity contribution in [1.29, 1.82) is 0 Å². The first kappa shape index (κ1) is 12.0. The standard InChI is InChI=1S/C13H10F2N2O/c14-9-6-10(15)8-12(7-9)17(13(16)18)11-4-2-1-3-5-11/h1-8H,(H2,16,18). The van der Waals surface area contributed by atoms with Gasteiger partial charge in [-0.15, -0.1) is 0 Å². The zero-order valence-electron chi connectivity index (χ0n) is 9.31. The summed E-state index contributed by atoms with van der Waals surface area (Å²) < 4.78 is 26.3. The van der Waals surface area contributed by atoms with Crippen LogP contribution in [0.25, 0.3) is 0 Å². The Labute approximate surface area is 102 Å². The van der Waals surface area contributed by atoms with Crippen LogP contribution in [0, 0.1) is 11.6 Å². The number of para-hydroxylation sites is 1. The highest BCUT2D eigenvalue weighted by Gasteiger charge is 2.16. The van der Waals surface area contributed by atoms with E-state index < -0.39 is 17.7 Å². The van der Waals surface area contributed by atoms with Gasteiger partial charge in [-0.05, 0) is 24.3 Å². The number of carbonyl (C=O) groups excluding carboxylic acids is 1. The summed E-state index contributed by atoms with van der Waals surface area (Å²) >= 11 is 0. The number of hydrogen-bond acceptors (Lipinski definition) is 1. The van der Waals surface area contributed by atoms with Gasteiger partial charge in [0.05, 0.1) is 11.4 Å². The third-order valence-corrected chi connectivity index (χ3v) is 2.34. The van der Waals surface area contributed by atoms with E-state index in [0.717, 1.165) is 23.1 Å². The molecule has 2 aromatic carbocycles. The van der Waals surface area contributed by atoms with Crippen molar-refractivity contribution in [3.63, 3.8) is 0 Å². The Morgan fingerprint density at radius 1 is 0.944 bits per heavy atom. The summed E-state index contributed by atoms with van der Waals surface area (Å²) in [6.07, 6.45) is 0. The van der Waals surface area contributed by atoms with Crippen molar-refractivity contribution >= 4 is 17.4 Å². The maximum absolute atomic E-state index is 13.1. The number of nitrogens with zero attached hydrogens (tertiary/aromatic N) is 1. The maximum atomic E-state index is 13.1. The van der Waals surface area contributed by atoms with Crippen molar-refractivity contribution < 1.29 is 13.6 Å². The molecule has 0 saturated heterocycles. The zero-order valence-corrected chi connectivity index (χ0v) is 9.31. The second kappa shape index (κ2) is 4.83. The summed E-state index contributed by atoms with van der Waals surface area (Å²) in [6, 6.07) is 10.4. The number of primary amides is 1. The number of halogens is 2. The van der Waals surface area contributed by atoms with Crippen molar-refractivity contribution in [1.82, 2.24) is 0 Å². The van der Waals surface area contributed by atoms with E-state index in [1.54, 1.807) is 30.3 Å².